The summed E-state index contributed by atoms with van der Waals surface area (Å²) < 4.78 is 0. The Balaban J connectivity index is 2.86. The zero-order chi connectivity index (χ0) is 10.1. The van der Waals surface area contributed by atoms with Gasteiger partial charge in [0.15, 0.2) is 0 Å². The predicted octanol–water partition coefficient (Wildman–Crippen LogP) is 2.81. The maximum Gasteiger partial charge on any atom is 0.304 e. The van der Waals surface area contributed by atoms with E-state index >= 15 is 0 Å². The summed E-state index contributed by atoms with van der Waals surface area (Å²) in [5.41, 5.74) is 0.962. The van der Waals surface area contributed by atoms with E-state index in [0.29, 0.717) is 0 Å². The van der Waals surface area contributed by atoms with E-state index in [1.54, 1.807) is 11.3 Å². The second-order valence-electron chi connectivity index (χ2n) is 3.94. The molecule has 1 N–H and O–H groups in total. The largest absolute Gasteiger partial charge is 0.481 e. The van der Waals surface area contributed by atoms with E-state index in [2.05, 4.69) is 11.4 Å². The molecule has 0 aliphatic rings. The highest BCUT2D eigenvalue weighted by atomic mass is 32.1. The Morgan fingerprint density at radius 1 is 1.62 bits per heavy atom. The maximum absolute atomic E-state index is 10.6. The summed E-state index contributed by atoms with van der Waals surface area (Å²) in [6.07, 6.45) is 0.187. The van der Waals surface area contributed by atoms with E-state index in [-0.39, 0.29) is 11.8 Å². The van der Waals surface area contributed by atoms with Crippen molar-refractivity contribution in [1.82, 2.24) is 0 Å². The van der Waals surface area contributed by atoms with Gasteiger partial charge in [0.05, 0.1) is 6.42 Å². The van der Waals surface area contributed by atoms with Crippen molar-refractivity contribution in [2.24, 2.45) is 0 Å². The minimum atomic E-state index is -0.740. The van der Waals surface area contributed by atoms with Crippen LogP contribution in [0.5, 0.6) is 0 Å². The van der Waals surface area contributed by atoms with Crippen LogP contribution in [0.4, 0.5) is 0 Å². The number of rotatable bonds is 3. The minimum absolute atomic E-state index is 0.187. The van der Waals surface area contributed by atoms with Crippen molar-refractivity contribution in [3.05, 3.63) is 21.9 Å². The lowest BCUT2D eigenvalue weighted by atomic mass is 9.87. The van der Waals surface area contributed by atoms with Crippen LogP contribution >= 0.6 is 11.3 Å². The lowest BCUT2D eigenvalue weighted by Crippen LogP contribution is -2.20. The fourth-order valence-electron chi connectivity index (χ4n) is 1.25. The van der Waals surface area contributed by atoms with E-state index < -0.39 is 5.97 Å². The highest BCUT2D eigenvalue weighted by molar-refractivity contribution is 7.10. The first-order valence-corrected chi connectivity index (χ1v) is 5.07. The lowest BCUT2D eigenvalue weighted by Gasteiger charge is -2.20. The molecule has 0 aliphatic carbocycles. The zero-order valence-electron chi connectivity index (χ0n) is 8.13. The van der Waals surface area contributed by atoms with Crippen LogP contribution in [0.3, 0.4) is 0 Å². The van der Waals surface area contributed by atoms with Gasteiger partial charge in [-0.2, -0.15) is 0 Å². The van der Waals surface area contributed by atoms with E-state index in [1.807, 2.05) is 20.8 Å². The smallest absolute Gasteiger partial charge is 0.304 e. The van der Waals surface area contributed by atoms with Crippen LogP contribution in [0.1, 0.15) is 30.7 Å². The third kappa shape index (κ3) is 2.56. The number of thiophene rings is 1. The maximum atomic E-state index is 10.6. The first kappa shape index (κ1) is 10.3. The molecule has 0 fully saturated rings. The molecule has 0 radical (unpaired) electrons. The number of hydrogen-bond acceptors (Lipinski definition) is 2. The highest BCUT2D eigenvalue weighted by Crippen LogP contribution is 2.31. The molecule has 1 aromatic heterocycles. The van der Waals surface area contributed by atoms with Crippen molar-refractivity contribution >= 4 is 17.3 Å². The molecule has 0 aromatic carbocycles. The number of aryl methyl sites for hydroxylation is 1. The Labute approximate surface area is 82.2 Å². The van der Waals surface area contributed by atoms with Gasteiger partial charge in [0.2, 0.25) is 0 Å². The van der Waals surface area contributed by atoms with Crippen molar-refractivity contribution in [2.75, 3.05) is 0 Å². The number of carboxylic acids is 1. The summed E-state index contributed by atoms with van der Waals surface area (Å²) in [6.45, 7) is 5.95. The Bertz CT molecular complexity index is 312. The molecule has 72 valence electrons. The summed E-state index contributed by atoms with van der Waals surface area (Å²) >= 11 is 1.64. The van der Waals surface area contributed by atoms with Gasteiger partial charge in [0.25, 0.3) is 0 Å². The topological polar surface area (TPSA) is 37.3 Å². The first-order chi connectivity index (χ1) is 5.92. The fraction of sp³-hybridized carbons (Fsp3) is 0.500. The van der Waals surface area contributed by atoms with Crippen LogP contribution in [0.2, 0.25) is 0 Å². The molecule has 0 saturated heterocycles. The Morgan fingerprint density at radius 3 is 2.62 bits per heavy atom. The van der Waals surface area contributed by atoms with Gasteiger partial charge in [-0.25, -0.2) is 0 Å². The average molecular weight is 198 g/mol. The summed E-state index contributed by atoms with van der Waals surface area (Å²) in [5.74, 6) is -0.740. The number of hydrogen-bond donors (Lipinski definition) is 1. The SMILES string of the molecule is Cc1csc(C(C)(C)CC(=O)O)c1. The van der Waals surface area contributed by atoms with Crippen molar-refractivity contribution in [3.63, 3.8) is 0 Å². The zero-order valence-corrected chi connectivity index (χ0v) is 8.94. The van der Waals surface area contributed by atoms with E-state index in [4.69, 9.17) is 5.11 Å². The molecule has 0 unspecified atom stereocenters. The normalized spacial score (nSPS) is 11.6. The van der Waals surface area contributed by atoms with Gasteiger partial charge in [0, 0.05) is 10.3 Å². The molecule has 2 nitrogen and oxygen atoms in total. The van der Waals surface area contributed by atoms with Gasteiger partial charge in [-0.15, -0.1) is 11.3 Å². The molecule has 0 bridgehead atoms. The standard InChI is InChI=1S/C10H14O2S/c1-7-4-8(13-6-7)10(2,3)5-9(11)12/h4,6H,5H2,1-3H3,(H,11,12). The van der Waals surface area contributed by atoms with E-state index in [9.17, 15) is 4.79 Å². The van der Waals surface area contributed by atoms with Crippen LogP contribution in [0.15, 0.2) is 11.4 Å². The predicted molar refractivity (Wildman–Crippen MR) is 54.3 cm³/mol. The third-order valence-corrected chi connectivity index (χ3v) is 3.40. The van der Waals surface area contributed by atoms with Crippen molar-refractivity contribution in [2.45, 2.75) is 32.6 Å². The molecule has 13 heavy (non-hydrogen) atoms. The molecule has 1 aromatic rings. The van der Waals surface area contributed by atoms with Gasteiger partial charge in [-0.05, 0) is 23.9 Å². The summed E-state index contributed by atoms with van der Waals surface area (Å²) in [7, 11) is 0. The molecular weight excluding hydrogens is 184 g/mol. The van der Waals surface area contributed by atoms with Gasteiger partial charge < -0.3 is 5.11 Å². The van der Waals surface area contributed by atoms with Crippen LogP contribution in [-0.4, -0.2) is 11.1 Å². The Morgan fingerprint density at radius 2 is 2.23 bits per heavy atom. The molecule has 3 heteroatoms. The first-order valence-electron chi connectivity index (χ1n) is 4.19. The van der Waals surface area contributed by atoms with Crippen LogP contribution < -0.4 is 0 Å². The van der Waals surface area contributed by atoms with Crippen molar-refractivity contribution in [3.8, 4) is 0 Å². The van der Waals surface area contributed by atoms with E-state index in [1.165, 1.54) is 5.56 Å². The van der Waals surface area contributed by atoms with Gasteiger partial charge in [-0.1, -0.05) is 13.8 Å². The molecular formula is C10H14O2S. The molecule has 1 heterocycles. The molecule has 0 amide bonds. The summed E-state index contributed by atoms with van der Waals surface area (Å²) in [5, 5.41) is 10.8. The second-order valence-corrected chi connectivity index (χ2v) is 4.85. The fourth-order valence-corrected chi connectivity index (χ4v) is 2.28. The van der Waals surface area contributed by atoms with Crippen molar-refractivity contribution in [1.29, 1.82) is 0 Å². The molecule has 0 aliphatic heterocycles. The lowest BCUT2D eigenvalue weighted by molar-refractivity contribution is -0.138. The molecule has 0 atom stereocenters. The molecule has 1 rings (SSSR count). The van der Waals surface area contributed by atoms with Crippen LogP contribution in [0, 0.1) is 6.92 Å². The average Bonchev–Trinajstić information content (AvgIpc) is 2.32. The summed E-state index contributed by atoms with van der Waals surface area (Å²) in [4.78, 5) is 11.7. The number of carboxylic acid groups (broad SMARTS) is 1. The van der Waals surface area contributed by atoms with Crippen LogP contribution in [0.25, 0.3) is 0 Å². The number of aliphatic carboxylic acids is 1. The van der Waals surface area contributed by atoms with Crippen molar-refractivity contribution < 1.29 is 9.90 Å². The Hall–Kier alpha value is -0.830. The van der Waals surface area contributed by atoms with Gasteiger partial charge >= 0.3 is 5.97 Å². The molecule has 0 saturated carbocycles. The molecule has 0 spiro atoms. The van der Waals surface area contributed by atoms with Gasteiger partial charge in [0.1, 0.15) is 0 Å². The monoisotopic (exact) mass is 198 g/mol. The van der Waals surface area contributed by atoms with Gasteiger partial charge in [-0.3, -0.25) is 4.79 Å². The Kier molecular flexibility index (Phi) is 2.76. The quantitative estimate of drug-likeness (QED) is 0.810. The third-order valence-electron chi connectivity index (χ3n) is 1.99. The number of carbonyl (C=O) groups is 1. The summed E-state index contributed by atoms with van der Waals surface area (Å²) in [6, 6.07) is 2.06. The second kappa shape index (κ2) is 3.50. The van der Waals surface area contributed by atoms with E-state index in [0.717, 1.165) is 4.88 Å². The van der Waals surface area contributed by atoms with Crippen LogP contribution in [-0.2, 0) is 10.2 Å². The minimum Gasteiger partial charge on any atom is -0.481 e. The highest BCUT2D eigenvalue weighted by Gasteiger charge is 2.25.